The lowest BCUT2D eigenvalue weighted by atomic mass is 9.94. The molecular weight excluding hydrogens is 360 g/mol. The van der Waals surface area contributed by atoms with E-state index in [4.69, 9.17) is 0 Å². The Hall–Kier alpha value is -2.82. The summed E-state index contributed by atoms with van der Waals surface area (Å²) in [5.74, 6) is 1.37. The molecule has 1 heterocycles. The first-order valence-electron chi connectivity index (χ1n) is 10.4. The van der Waals surface area contributed by atoms with Crippen molar-refractivity contribution >= 4 is 11.9 Å². The summed E-state index contributed by atoms with van der Waals surface area (Å²) in [6.07, 6.45) is 1.34. The van der Waals surface area contributed by atoms with Crippen molar-refractivity contribution in [1.29, 1.82) is 0 Å². The van der Waals surface area contributed by atoms with Crippen LogP contribution in [0.1, 0.15) is 49.3 Å². The van der Waals surface area contributed by atoms with Crippen LogP contribution in [0.4, 0.5) is 0 Å². The number of nitrogens with one attached hydrogen (secondary N) is 2. The SMILES string of the molecule is CN=C(NCCCC(=O)N1Cc2ccccc2C1)NC(C)C(C)c1ccccc1. The Balaban J connectivity index is 1.38. The summed E-state index contributed by atoms with van der Waals surface area (Å²) in [7, 11) is 1.78. The van der Waals surface area contributed by atoms with Gasteiger partial charge in [-0.15, -0.1) is 0 Å². The number of benzene rings is 2. The Bertz CT molecular complexity index is 809. The number of carbonyl (C=O) groups is 1. The van der Waals surface area contributed by atoms with Gasteiger partial charge in [0, 0.05) is 45.1 Å². The van der Waals surface area contributed by atoms with Crippen LogP contribution in [0.25, 0.3) is 0 Å². The van der Waals surface area contributed by atoms with Gasteiger partial charge < -0.3 is 15.5 Å². The molecule has 0 fully saturated rings. The van der Waals surface area contributed by atoms with Crippen LogP contribution in [0.2, 0.25) is 0 Å². The molecule has 0 saturated heterocycles. The molecule has 0 spiro atoms. The van der Waals surface area contributed by atoms with Crippen molar-refractivity contribution in [3.63, 3.8) is 0 Å². The van der Waals surface area contributed by atoms with Crippen LogP contribution in [0.5, 0.6) is 0 Å². The largest absolute Gasteiger partial charge is 0.356 e. The molecule has 154 valence electrons. The monoisotopic (exact) mass is 392 g/mol. The minimum atomic E-state index is 0.219. The minimum absolute atomic E-state index is 0.219. The summed E-state index contributed by atoms with van der Waals surface area (Å²) < 4.78 is 0. The zero-order valence-electron chi connectivity index (χ0n) is 17.7. The smallest absolute Gasteiger partial charge is 0.223 e. The fourth-order valence-electron chi connectivity index (χ4n) is 3.69. The number of aliphatic imine (C=N–C) groups is 1. The van der Waals surface area contributed by atoms with Crippen molar-refractivity contribution in [1.82, 2.24) is 15.5 Å². The van der Waals surface area contributed by atoms with Crippen LogP contribution in [0.15, 0.2) is 59.6 Å². The van der Waals surface area contributed by atoms with Gasteiger partial charge in [0.05, 0.1) is 0 Å². The molecule has 2 atom stereocenters. The molecule has 1 aliphatic heterocycles. The molecule has 2 N–H and O–H groups in total. The van der Waals surface area contributed by atoms with E-state index in [2.05, 4.69) is 65.9 Å². The van der Waals surface area contributed by atoms with Gasteiger partial charge in [0.2, 0.25) is 5.91 Å². The molecule has 0 aliphatic carbocycles. The van der Waals surface area contributed by atoms with Gasteiger partial charge in [-0.1, -0.05) is 61.5 Å². The second-order valence-electron chi connectivity index (χ2n) is 7.75. The number of nitrogens with zero attached hydrogens (tertiary/aromatic N) is 2. The second kappa shape index (κ2) is 10.1. The molecule has 1 aliphatic rings. The molecule has 5 nitrogen and oxygen atoms in total. The number of hydrogen-bond acceptors (Lipinski definition) is 2. The highest BCUT2D eigenvalue weighted by Crippen LogP contribution is 2.23. The van der Waals surface area contributed by atoms with E-state index in [9.17, 15) is 4.79 Å². The van der Waals surface area contributed by atoms with Gasteiger partial charge in [0.25, 0.3) is 0 Å². The molecule has 0 radical (unpaired) electrons. The first-order chi connectivity index (χ1) is 14.1. The maximum atomic E-state index is 12.5. The van der Waals surface area contributed by atoms with Crippen molar-refractivity contribution in [2.45, 2.75) is 51.7 Å². The topological polar surface area (TPSA) is 56.7 Å². The Labute approximate surface area is 174 Å². The lowest BCUT2D eigenvalue weighted by Crippen LogP contribution is -2.44. The summed E-state index contributed by atoms with van der Waals surface area (Å²) in [5, 5.41) is 6.80. The van der Waals surface area contributed by atoms with E-state index >= 15 is 0 Å². The second-order valence-corrected chi connectivity index (χ2v) is 7.75. The molecular formula is C24H32N4O. The number of fused-ring (bicyclic) bond motifs is 1. The quantitative estimate of drug-likeness (QED) is 0.429. The Kier molecular flexibility index (Phi) is 7.28. The van der Waals surface area contributed by atoms with E-state index < -0.39 is 0 Å². The molecule has 29 heavy (non-hydrogen) atoms. The number of carbonyl (C=O) groups excluding carboxylic acids is 1. The molecule has 0 saturated carbocycles. The molecule has 2 unspecified atom stereocenters. The van der Waals surface area contributed by atoms with Crippen LogP contribution in [0.3, 0.4) is 0 Å². The summed E-state index contributed by atoms with van der Waals surface area (Å²) in [5.41, 5.74) is 3.84. The summed E-state index contributed by atoms with van der Waals surface area (Å²) in [6, 6.07) is 19.0. The average molecular weight is 393 g/mol. The molecule has 0 bridgehead atoms. The van der Waals surface area contributed by atoms with Gasteiger partial charge in [-0.25, -0.2) is 0 Å². The summed E-state index contributed by atoms with van der Waals surface area (Å²) in [4.78, 5) is 18.8. The summed E-state index contributed by atoms with van der Waals surface area (Å²) >= 11 is 0. The molecule has 0 aromatic heterocycles. The van der Waals surface area contributed by atoms with Crippen molar-refractivity contribution in [3.05, 3.63) is 71.3 Å². The van der Waals surface area contributed by atoms with E-state index in [1.54, 1.807) is 7.05 Å². The molecule has 1 amide bonds. The predicted molar refractivity (Wildman–Crippen MR) is 119 cm³/mol. The number of amides is 1. The van der Waals surface area contributed by atoms with Gasteiger partial charge in [-0.3, -0.25) is 9.79 Å². The molecule has 5 heteroatoms. The molecule has 2 aromatic rings. The van der Waals surface area contributed by atoms with E-state index in [0.29, 0.717) is 12.3 Å². The Morgan fingerprint density at radius 1 is 1.03 bits per heavy atom. The highest BCUT2D eigenvalue weighted by atomic mass is 16.2. The fraction of sp³-hybridized carbons (Fsp3) is 0.417. The fourth-order valence-corrected chi connectivity index (χ4v) is 3.69. The van der Waals surface area contributed by atoms with Crippen molar-refractivity contribution in [2.24, 2.45) is 4.99 Å². The van der Waals surface area contributed by atoms with Gasteiger partial charge >= 0.3 is 0 Å². The van der Waals surface area contributed by atoms with Crippen LogP contribution in [0, 0.1) is 0 Å². The van der Waals surface area contributed by atoms with E-state index in [-0.39, 0.29) is 11.9 Å². The van der Waals surface area contributed by atoms with Crippen LogP contribution >= 0.6 is 0 Å². The van der Waals surface area contributed by atoms with E-state index in [1.165, 1.54) is 16.7 Å². The van der Waals surface area contributed by atoms with E-state index in [0.717, 1.165) is 32.0 Å². The molecule has 3 rings (SSSR count). The van der Waals surface area contributed by atoms with E-state index in [1.807, 2.05) is 23.1 Å². The lowest BCUT2D eigenvalue weighted by Gasteiger charge is -2.24. The molecule has 2 aromatic carbocycles. The van der Waals surface area contributed by atoms with Gasteiger partial charge in [-0.05, 0) is 30.0 Å². The Morgan fingerprint density at radius 3 is 2.28 bits per heavy atom. The zero-order valence-corrected chi connectivity index (χ0v) is 17.7. The first-order valence-corrected chi connectivity index (χ1v) is 10.4. The number of rotatable bonds is 7. The van der Waals surface area contributed by atoms with Crippen molar-refractivity contribution < 1.29 is 4.79 Å². The number of hydrogen-bond donors (Lipinski definition) is 2. The zero-order chi connectivity index (χ0) is 20.6. The standard InChI is InChI=1S/C24H32N4O/c1-18(20-10-5-4-6-11-20)19(2)27-24(25-3)26-15-9-14-23(29)28-16-21-12-7-8-13-22(21)17-28/h4-8,10-13,18-19H,9,14-17H2,1-3H3,(H2,25,26,27). The maximum Gasteiger partial charge on any atom is 0.223 e. The third-order valence-corrected chi connectivity index (χ3v) is 5.72. The third kappa shape index (κ3) is 5.59. The van der Waals surface area contributed by atoms with Crippen molar-refractivity contribution in [3.8, 4) is 0 Å². The highest BCUT2D eigenvalue weighted by molar-refractivity contribution is 5.80. The number of guanidine groups is 1. The first kappa shape index (κ1) is 20.9. The normalized spacial score (nSPS) is 15.6. The third-order valence-electron chi connectivity index (χ3n) is 5.72. The van der Waals surface area contributed by atoms with Gasteiger partial charge in [0.1, 0.15) is 0 Å². The van der Waals surface area contributed by atoms with Gasteiger partial charge in [0.15, 0.2) is 5.96 Å². The highest BCUT2D eigenvalue weighted by Gasteiger charge is 2.22. The summed E-state index contributed by atoms with van der Waals surface area (Å²) in [6.45, 7) is 6.58. The Morgan fingerprint density at radius 2 is 1.66 bits per heavy atom. The van der Waals surface area contributed by atoms with Crippen LogP contribution in [-0.4, -0.2) is 36.4 Å². The maximum absolute atomic E-state index is 12.5. The lowest BCUT2D eigenvalue weighted by molar-refractivity contribution is -0.131. The van der Waals surface area contributed by atoms with Crippen LogP contribution < -0.4 is 10.6 Å². The predicted octanol–water partition coefficient (Wildman–Crippen LogP) is 3.67. The van der Waals surface area contributed by atoms with Crippen molar-refractivity contribution in [2.75, 3.05) is 13.6 Å². The average Bonchev–Trinajstić information content (AvgIpc) is 3.20. The van der Waals surface area contributed by atoms with Gasteiger partial charge in [-0.2, -0.15) is 0 Å². The minimum Gasteiger partial charge on any atom is -0.356 e. The van der Waals surface area contributed by atoms with Crippen LogP contribution in [-0.2, 0) is 17.9 Å².